The van der Waals surface area contributed by atoms with Gasteiger partial charge < -0.3 is 4.74 Å². The molecule has 2 aromatic carbocycles. The van der Waals surface area contributed by atoms with Crippen molar-refractivity contribution in [3.8, 4) is 0 Å². The van der Waals surface area contributed by atoms with Crippen molar-refractivity contribution >= 4 is 16.3 Å². The molecule has 1 saturated heterocycles. The van der Waals surface area contributed by atoms with E-state index in [-0.39, 0.29) is 28.1 Å². The molecule has 2 fully saturated rings. The first-order chi connectivity index (χ1) is 15.3. The number of halogens is 1. The number of benzene rings is 2. The molecular weight excluding hydrogens is 452 g/mol. The quantitative estimate of drug-likeness (QED) is 0.587. The first-order valence-corrected chi connectivity index (χ1v) is 14.0. The van der Waals surface area contributed by atoms with Crippen LogP contribution in [0.2, 0.25) is 0 Å². The fourth-order valence-electron chi connectivity index (χ4n) is 5.69. The van der Waals surface area contributed by atoms with Crippen molar-refractivity contribution in [2.75, 3.05) is 12.9 Å². The Bertz CT molecular complexity index is 906. The first-order valence-electron chi connectivity index (χ1n) is 10.9. The minimum Gasteiger partial charge on any atom is -0.468 e. The van der Waals surface area contributed by atoms with E-state index in [9.17, 15) is 18.8 Å². The van der Waals surface area contributed by atoms with Crippen LogP contribution in [-0.2, 0) is 13.3 Å². The van der Waals surface area contributed by atoms with Crippen LogP contribution in [0.1, 0.15) is 54.4 Å². The number of methoxy groups -OCH3 is 1. The summed E-state index contributed by atoms with van der Waals surface area (Å²) < 4.78 is 46.6. The van der Waals surface area contributed by atoms with E-state index in [1.807, 2.05) is 48.5 Å². The average molecular weight is 481 g/mol. The summed E-state index contributed by atoms with van der Waals surface area (Å²) in [5, 5.41) is -0.556. The molecule has 4 rings (SSSR count). The van der Waals surface area contributed by atoms with E-state index >= 15 is 0 Å². The second-order valence-corrected chi connectivity index (χ2v) is 12.9. The Balaban J connectivity index is 1.88. The molecule has 6 nitrogen and oxygen atoms in total. The van der Waals surface area contributed by atoms with E-state index in [0.29, 0.717) is 6.42 Å². The normalized spacial score (nSPS) is 32.4. The van der Waals surface area contributed by atoms with Crippen molar-refractivity contribution in [1.29, 1.82) is 0 Å². The van der Waals surface area contributed by atoms with Crippen molar-refractivity contribution in [2.45, 2.75) is 48.5 Å². The highest BCUT2D eigenvalue weighted by Gasteiger charge is 2.61. The lowest BCUT2D eigenvalue weighted by Gasteiger charge is -2.55. The molecule has 32 heavy (non-hydrogen) atoms. The summed E-state index contributed by atoms with van der Waals surface area (Å²) in [6, 6.07) is 19.8. The van der Waals surface area contributed by atoms with Gasteiger partial charge in [-0.3, -0.25) is 4.79 Å². The first kappa shape index (κ1) is 23.5. The van der Waals surface area contributed by atoms with Crippen LogP contribution in [0.5, 0.6) is 0 Å². The maximum Gasteiger partial charge on any atom is 0.316 e. The third kappa shape index (κ3) is 4.83. The van der Waals surface area contributed by atoms with Gasteiger partial charge in [0.1, 0.15) is 9.49 Å². The molecular formula is C24H29ClO6S. The fourth-order valence-corrected chi connectivity index (χ4v) is 11.7. The monoisotopic (exact) mass is 480 g/mol. The van der Waals surface area contributed by atoms with Gasteiger partial charge in [0.15, 0.2) is 0 Å². The Morgan fingerprint density at radius 1 is 0.969 bits per heavy atom. The van der Waals surface area contributed by atoms with Crippen LogP contribution in [0.3, 0.4) is 0 Å². The van der Waals surface area contributed by atoms with Crippen LogP contribution in [-0.4, -0.2) is 24.1 Å². The predicted octanol–water partition coefficient (Wildman–Crippen LogP) is 2.28. The Morgan fingerprint density at radius 2 is 1.56 bits per heavy atom. The summed E-state index contributed by atoms with van der Waals surface area (Å²) in [6.07, 6.45) is 4.22. The number of rotatable bonds is 6. The Morgan fingerprint density at radius 3 is 2.16 bits per heavy atom. The molecule has 174 valence electrons. The van der Waals surface area contributed by atoms with Crippen molar-refractivity contribution in [3.63, 3.8) is 0 Å². The summed E-state index contributed by atoms with van der Waals surface area (Å²) in [5.41, 5.74) is 2.11. The lowest BCUT2D eigenvalue weighted by molar-refractivity contribution is -1.91. The van der Waals surface area contributed by atoms with Gasteiger partial charge in [0.25, 0.3) is 0 Å². The molecule has 2 aliphatic rings. The Kier molecular flexibility index (Phi) is 7.14. The zero-order valence-electron chi connectivity index (χ0n) is 18.1. The topological polar surface area (TPSA) is 105 Å². The van der Waals surface area contributed by atoms with Gasteiger partial charge in [0, 0.05) is 15.6 Å². The highest BCUT2D eigenvalue weighted by molar-refractivity contribution is 8.30. The average Bonchev–Trinajstić information content (AvgIpc) is 2.79. The van der Waals surface area contributed by atoms with Gasteiger partial charge >= 0.3 is 5.97 Å². The molecule has 0 N–H and O–H groups in total. The molecule has 1 aliphatic heterocycles. The van der Waals surface area contributed by atoms with E-state index in [4.69, 9.17) is 8.47 Å². The van der Waals surface area contributed by atoms with Crippen LogP contribution in [0.15, 0.2) is 60.7 Å². The minimum atomic E-state index is -4.71. The molecule has 1 heterocycles. The number of esters is 1. The van der Waals surface area contributed by atoms with Gasteiger partial charge in [-0.15, -0.1) is 0 Å². The molecule has 1 saturated carbocycles. The fraction of sp³-hybridized carbons (Fsp3) is 0.458. The second kappa shape index (κ2) is 9.71. The molecule has 0 amide bonds. The standard InChI is InChI=1S/C24H29ClO6S/c1-30-24(26)17-32(31-25(27,28)29)22-15-9-8-14-20(22)21(18-10-4-2-5-11-18)16-23(32)19-12-6-3-7-13-19/h2-7,10-13,20-23H,8-9,14-17H2,1H3. The predicted molar refractivity (Wildman–Crippen MR) is 114 cm³/mol. The van der Waals surface area contributed by atoms with Crippen LogP contribution in [0, 0.1) is 16.2 Å². The van der Waals surface area contributed by atoms with Crippen LogP contribution < -0.4 is 14.0 Å². The summed E-state index contributed by atoms with van der Waals surface area (Å²) in [7, 11) is -6.12. The van der Waals surface area contributed by atoms with E-state index < -0.39 is 26.5 Å². The molecule has 8 heteroatoms. The third-order valence-corrected chi connectivity index (χ3v) is 12.2. The maximum absolute atomic E-state index is 12.6. The zero-order valence-corrected chi connectivity index (χ0v) is 19.6. The van der Waals surface area contributed by atoms with E-state index in [1.54, 1.807) is 0 Å². The molecule has 0 bridgehead atoms. The van der Waals surface area contributed by atoms with E-state index in [1.165, 1.54) is 12.7 Å². The Labute approximate surface area is 192 Å². The lowest BCUT2D eigenvalue weighted by Crippen LogP contribution is -2.63. The van der Waals surface area contributed by atoms with E-state index in [2.05, 4.69) is 12.1 Å². The molecule has 1 aliphatic carbocycles. The van der Waals surface area contributed by atoms with Crippen LogP contribution in [0.25, 0.3) is 0 Å². The lowest BCUT2D eigenvalue weighted by atomic mass is 9.73. The number of carbonyl (C=O) groups is 1. The van der Waals surface area contributed by atoms with Crippen molar-refractivity contribution in [2.24, 2.45) is 5.92 Å². The van der Waals surface area contributed by atoms with Gasteiger partial charge in [0.05, 0.1) is 22.6 Å². The summed E-state index contributed by atoms with van der Waals surface area (Å²) in [4.78, 5) is 12.6. The highest BCUT2D eigenvalue weighted by atomic mass is 35.7. The largest absolute Gasteiger partial charge is 0.468 e. The third-order valence-electron chi connectivity index (χ3n) is 6.90. The van der Waals surface area contributed by atoms with Gasteiger partial charge in [-0.1, -0.05) is 73.5 Å². The SMILES string of the molecule is COC(=O)CS1(O[Cl+3]([O-])([O-])[O-])C(c2ccccc2)CC(c2ccccc2)C2CCCCC21. The Hall–Kier alpha value is -1.61. The van der Waals surface area contributed by atoms with Crippen LogP contribution in [0.4, 0.5) is 0 Å². The highest BCUT2D eigenvalue weighted by Crippen LogP contribution is 2.75. The zero-order chi connectivity index (χ0) is 22.8. The summed E-state index contributed by atoms with van der Waals surface area (Å²) >= 11 is 0. The molecule has 0 aromatic heterocycles. The van der Waals surface area contributed by atoms with Gasteiger partial charge in [-0.25, -0.2) is 0 Å². The number of hydrogen-bond donors (Lipinski definition) is 0. The number of carbonyl (C=O) groups excluding carboxylic acids is 1. The second-order valence-electron chi connectivity index (χ2n) is 8.58. The van der Waals surface area contributed by atoms with Crippen LogP contribution >= 0.6 is 10.3 Å². The van der Waals surface area contributed by atoms with Gasteiger partial charge in [0.2, 0.25) is 0 Å². The molecule has 0 spiro atoms. The molecule has 5 atom stereocenters. The molecule has 2 aromatic rings. The maximum atomic E-state index is 12.6. The van der Waals surface area contributed by atoms with Gasteiger partial charge in [-0.05, 0) is 42.2 Å². The van der Waals surface area contributed by atoms with E-state index in [0.717, 1.165) is 31.2 Å². The van der Waals surface area contributed by atoms with Gasteiger partial charge in [-0.2, -0.15) is 14.0 Å². The van der Waals surface area contributed by atoms with Crippen molar-refractivity contribution < 1.29 is 37.5 Å². The summed E-state index contributed by atoms with van der Waals surface area (Å²) in [6.45, 7) is 0. The number of ether oxygens (including phenoxy) is 1. The van der Waals surface area contributed by atoms with Crippen molar-refractivity contribution in [1.82, 2.24) is 0 Å². The summed E-state index contributed by atoms with van der Waals surface area (Å²) in [5.74, 6) is -0.398. The molecule has 0 radical (unpaired) electrons. The number of hydrogen-bond acceptors (Lipinski definition) is 6. The number of fused-ring (bicyclic) bond motifs is 1. The molecule has 5 unspecified atom stereocenters. The smallest absolute Gasteiger partial charge is 0.316 e. The van der Waals surface area contributed by atoms with Crippen molar-refractivity contribution in [3.05, 3.63) is 71.8 Å². The minimum absolute atomic E-state index is 0.141.